The maximum Gasteiger partial charge on any atom is 0.336 e. The molecule has 0 bridgehead atoms. The molecule has 136 valence electrons. The number of para-hydroxylation sites is 1. The van der Waals surface area contributed by atoms with Crippen LogP contribution in [0.4, 0.5) is 10.8 Å². The molecule has 0 saturated carbocycles. The number of hydrogen-bond acceptors (Lipinski definition) is 7. The van der Waals surface area contributed by atoms with Gasteiger partial charge in [0.2, 0.25) is 5.13 Å². The van der Waals surface area contributed by atoms with Gasteiger partial charge in [-0.25, -0.2) is 4.79 Å². The highest BCUT2D eigenvalue weighted by Gasteiger charge is 2.10. The Hall–Kier alpha value is -2.64. The molecular formula is C20H17N3O2S2. The molecule has 2 aromatic heterocycles. The minimum atomic E-state index is -0.324. The summed E-state index contributed by atoms with van der Waals surface area (Å²) in [5, 5.41) is 13.4. The minimum Gasteiger partial charge on any atom is -0.423 e. The monoisotopic (exact) mass is 395 g/mol. The Morgan fingerprint density at radius 3 is 2.78 bits per heavy atom. The zero-order chi connectivity index (χ0) is 18.6. The van der Waals surface area contributed by atoms with Crippen molar-refractivity contribution in [1.29, 1.82) is 0 Å². The zero-order valence-corrected chi connectivity index (χ0v) is 16.3. The van der Waals surface area contributed by atoms with Crippen molar-refractivity contribution in [3.05, 3.63) is 76.1 Å². The first kappa shape index (κ1) is 17.8. The number of fused-ring (bicyclic) bond motifs is 1. The summed E-state index contributed by atoms with van der Waals surface area (Å²) < 4.78 is 6.21. The molecule has 5 nitrogen and oxygen atoms in total. The van der Waals surface area contributed by atoms with Gasteiger partial charge in [0.05, 0.1) is 0 Å². The molecule has 0 aliphatic carbocycles. The fourth-order valence-corrected chi connectivity index (χ4v) is 4.48. The molecule has 0 aliphatic heterocycles. The number of aryl methyl sites for hydroxylation is 1. The van der Waals surface area contributed by atoms with Crippen LogP contribution in [0.25, 0.3) is 11.0 Å². The van der Waals surface area contributed by atoms with Gasteiger partial charge in [-0.15, -0.1) is 10.2 Å². The van der Waals surface area contributed by atoms with E-state index in [9.17, 15) is 4.79 Å². The van der Waals surface area contributed by atoms with Crippen LogP contribution < -0.4 is 10.9 Å². The van der Waals surface area contributed by atoms with Crippen LogP contribution in [-0.4, -0.2) is 10.2 Å². The molecule has 0 aliphatic rings. The summed E-state index contributed by atoms with van der Waals surface area (Å²) in [7, 11) is 0. The van der Waals surface area contributed by atoms with Crippen molar-refractivity contribution in [2.24, 2.45) is 0 Å². The number of rotatable bonds is 6. The molecule has 0 spiro atoms. The number of hydrogen-bond donors (Lipinski definition) is 1. The lowest BCUT2D eigenvalue weighted by Crippen LogP contribution is -2.00. The lowest BCUT2D eigenvalue weighted by Gasteiger charge is -2.05. The van der Waals surface area contributed by atoms with Gasteiger partial charge in [-0.2, -0.15) is 0 Å². The molecule has 7 heteroatoms. The Morgan fingerprint density at radius 1 is 1.11 bits per heavy atom. The van der Waals surface area contributed by atoms with Crippen LogP contribution in [0.3, 0.4) is 0 Å². The predicted molar refractivity (Wildman–Crippen MR) is 111 cm³/mol. The number of aromatic nitrogens is 2. The van der Waals surface area contributed by atoms with Crippen molar-refractivity contribution < 1.29 is 4.42 Å². The Balaban J connectivity index is 1.51. The second kappa shape index (κ2) is 7.94. The maximum absolute atomic E-state index is 11.9. The number of nitrogens with one attached hydrogen (secondary N) is 1. The third-order valence-electron chi connectivity index (χ3n) is 4.09. The smallest absolute Gasteiger partial charge is 0.336 e. The van der Waals surface area contributed by atoms with E-state index in [-0.39, 0.29) is 5.63 Å². The molecule has 4 aromatic rings. The van der Waals surface area contributed by atoms with E-state index in [0.717, 1.165) is 38.1 Å². The predicted octanol–water partition coefficient (Wildman–Crippen LogP) is 5.24. The topological polar surface area (TPSA) is 68.0 Å². The summed E-state index contributed by atoms with van der Waals surface area (Å²) in [6, 6.07) is 17.5. The number of nitrogens with zero attached hydrogens (tertiary/aromatic N) is 2. The van der Waals surface area contributed by atoms with Gasteiger partial charge in [0.15, 0.2) is 4.34 Å². The lowest BCUT2D eigenvalue weighted by atomic mass is 10.1. The average molecular weight is 396 g/mol. The molecule has 0 unspecified atom stereocenters. The van der Waals surface area contributed by atoms with Crippen LogP contribution in [0.5, 0.6) is 0 Å². The number of benzene rings is 2. The van der Waals surface area contributed by atoms with E-state index in [1.807, 2.05) is 42.5 Å². The highest BCUT2D eigenvalue weighted by atomic mass is 32.2. The van der Waals surface area contributed by atoms with E-state index >= 15 is 0 Å². The Bertz CT molecular complexity index is 1120. The van der Waals surface area contributed by atoms with Crippen molar-refractivity contribution in [2.75, 3.05) is 5.32 Å². The first-order chi connectivity index (χ1) is 13.2. The molecule has 2 heterocycles. The van der Waals surface area contributed by atoms with Gasteiger partial charge in [-0.3, -0.25) is 0 Å². The van der Waals surface area contributed by atoms with Crippen LogP contribution in [0, 0.1) is 0 Å². The largest absolute Gasteiger partial charge is 0.423 e. The van der Waals surface area contributed by atoms with Gasteiger partial charge in [-0.05, 0) is 35.7 Å². The molecule has 1 N–H and O–H groups in total. The minimum absolute atomic E-state index is 0.324. The number of anilines is 2. The van der Waals surface area contributed by atoms with Gasteiger partial charge in [0, 0.05) is 22.9 Å². The van der Waals surface area contributed by atoms with Crippen LogP contribution in [0.15, 0.2) is 68.1 Å². The molecule has 0 radical (unpaired) electrons. The van der Waals surface area contributed by atoms with Crippen LogP contribution in [0.2, 0.25) is 0 Å². The van der Waals surface area contributed by atoms with Crippen LogP contribution in [-0.2, 0) is 12.2 Å². The normalized spacial score (nSPS) is 11.0. The fraction of sp³-hybridized carbons (Fsp3) is 0.150. The fourth-order valence-electron chi connectivity index (χ4n) is 2.72. The first-order valence-corrected chi connectivity index (χ1v) is 10.4. The first-order valence-electron chi connectivity index (χ1n) is 8.55. The third kappa shape index (κ3) is 4.20. The van der Waals surface area contributed by atoms with E-state index in [1.54, 1.807) is 17.8 Å². The lowest BCUT2D eigenvalue weighted by molar-refractivity contribution is 0.559. The van der Waals surface area contributed by atoms with E-state index in [1.165, 1.54) is 11.3 Å². The van der Waals surface area contributed by atoms with Crippen molar-refractivity contribution in [1.82, 2.24) is 10.2 Å². The number of thioether (sulfide) groups is 1. The third-order valence-corrected chi connectivity index (χ3v) is 6.11. The van der Waals surface area contributed by atoms with E-state index in [2.05, 4.69) is 28.5 Å². The van der Waals surface area contributed by atoms with Gasteiger partial charge < -0.3 is 9.73 Å². The summed E-state index contributed by atoms with van der Waals surface area (Å²) in [6.07, 6.45) is 0.903. The molecule has 27 heavy (non-hydrogen) atoms. The standard InChI is InChI=1S/C20H17N3O2S2/c1-2-13-8-9-16-14(11-18(24)25-17(16)10-13)12-26-20-23-22-19(27-20)21-15-6-4-3-5-7-15/h3-11H,2,12H2,1H3,(H,21,22). The van der Waals surface area contributed by atoms with Crippen molar-refractivity contribution in [2.45, 2.75) is 23.4 Å². The maximum atomic E-state index is 11.9. The van der Waals surface area contributed by atoms with Crippen molar-refractivity contribution >= 4 is 44.9 Å². The molecule has 0 atom stereocenters. The molecule has 0 amide bonds. The summed E-state index contributed by atoms with van der Waals surface area (Å²) >= 11 is 3.05. The average Bonchev–Trinajstić information content (AvgIpc) is 3.13. The van der Waals surface area contributed by atoms with Crippen LogP contribution >= 0.6 is 23.1 Å². The van der Waals surface area contributed by atoms with Gasteiger partial charge >= 0.3 is 5.63 Å². The van der Waals surface area contributed by atoms with E-state index in [4.69, 9.17) is 4.42 Å². The van der Waals surface area contributed by atoms with Gasteiger partial charge in [0.25, 0.3) is 0 Å². The van der Waals surface area contributed by atoms with E-state index in [0.29, 0.717) is 11.3 Å². The molecule has 2 aromatic carbocycles. The van der Waals surface area contributed by atoms with Crippen LogP contribution in [0.1, 0.15) is 18.1 Å². The highest BCUT2D eigenvalue weighted by Crippen LogP contribution is 2.31. The molecule has 0 fully saturated rings. The highest BCUT2D eigenvalue weighted by molar-refractivity contribution is 8.00. The second-order valence-electron chi connectivity index (χ2n) is 5.93. The molecule has 4 rings (SSSR count). The second-order valence-corrected chi connectivity index (χ2v) is 8.13. The molecular weight excluding hydrogens is 378 g/mol. The van der Waals surface area contributed by atoms with Gasteiger partial charge in [-0.1, -0.05) is 60.4 Å². The summed E-state index contributed by atoms with van der Waals surface area (Å²) in [5.41, 5.74) is 3.39. The SMILES string of the molecule is CCc1ccc2c(CSc3nnc(Nc4ccccc4)s3)cc(=O)oc2c1. The van der Waals surface area contributed by atoms with Gasteiger partial charge in [0.1, 0.15) is 5.58 Å². The molecule has 0 saturated heterocycles. The van der Waals surface area contributed by atoms with Crippen molar-refractivity contribution in [3.8, 4) is 0 Å². The Labute approximate surface area is 164 Å². The summed E-state index contributed by atoms with van der Waals surface area (Å²) in [6.45, 7) is 2.08. The summed E-state index contributed by atoms with van der Waals surface area (Å²) in [4.78, 5) is 11.9. The quantitative estimate of drug-likeness (QED) is 0.356. The van der Waals surface area contributed by atoms with Crippen molar-refractivity contribution in [3.63, 3.8) is 0 Å². The summed E-state index contributed by atoms with van der Waals surface area (Å²) in [5.74, 6) is 0.632. The Morgan fingerprint density at radius 2 is 1.96 bits per heavy atom. The van der Waals surface area contributed by atoms with E-state index < -0.39 is 0 Å². The Kier molecular flexibility index (Phi) is 5.22. The zero-order valence-electron chi connectivity index (χ0n) is 14.6.